The van der Waals surface area contributed by atoms with Gasteiger partial charge in [0, 0.05) is 0 Å². The fraction of sp³-hybridized carbons (Fsp3) is 0. The molecule has 0 N–H and O–H groups in total. The summed E-state index contributed by atoms with van der Waals surface area (Å²) in [6.45, 7) is 0. The fourth-order valence-electron chi connectivity index (χ4n) is 1.81. The van der Waals surface area contributed by atoms with E-state index in [0.29, 0.717) is 0 Å². The summed E-state index contributed by atoms with van der Waals surface area (Å²) in [5.74, 6) is -1.92. The Balaban J connectivity index is 0.000000473. The molecule has 173 valence electrons. The molecule has 0 aliphatic carbocycles. The van der Waals surface area contributed by atoms with Gasteiger partial charge in [0.2, 0.25) is 0 Å². The molecule has 0 aliphatic rings. The Hall–Kier alpha value is -4.61. The molecule has 0 aliphatic heterocycles. The van der Waals surface area contributed by atoms with E-state index in [2.05, 4.69) is 15.5 Å². The molecule has 3 aromatic carbocycles. The molecule has 3 aromatic rings. The van der Waals surface area contributed by atoms with Crippen LogP contribution in [-0.4, -0.2) is 0 Å². The Morgan fingerprint density at radius 3 is 0.824 bits per heavy atom. The molecular weight excluding hydrogens is 494 g/mol. The Morgan fingerprint density at radius 1 is 0.412 bits per heavy atom. The van der Waals surface area contributed by atoms with E-state index in [0.717, 1.165) is 36.4 Å². The van der Waals surface area contributed by atoms with Gasteiger partial charge < -0.3 is 15.3 Å². The molecule has 34 heavy (non-hydrogen) atoms. The van der Waals surface area contributed by atoms with Gasteiger partial charge in [-0.05, 0) is 70.1 Å². The van der Waals surface area contributed by atoms with Crippen LogP contribution in [0, 0.1) is 14.7 Å². The van der Waals surface area contributed by atoms with Crippen molar-refractivity contribution in [3.63, 3.8) is 0 Å². The molecule has 0 fully saturated rings. The number of rotatable bonds is 3. The van der Waals surface area contributed by atoms with Crippen molar-refractivity contribution in [2.75, 3.05) is 0 Å². The summed E-state index contributed by atoms with van der Waals surface area (Å²) < 4.78 is 0. The maximum absolute atomic E-state index is 10.6. The van der Waals surface area contributed by atoms with Gasteiger partial charge in [-0.25, -0.2) is 0 Å². The van der Waals surface area contributed by atoms with E-state index in [1.54, 1.807) is 0 Å². The monoisotopic (exact) mass is 506 g/mol. The number of nitroso groups, excluding NO2 is 3. The molecule has 0 unspecified atom stereocenters. The summed E-state index contributed by atoms with van der Waals surface area (Å²) in [6.07, 6.45) is 0. The van der Waals surface area contributed by atoms with Crippen molar-refractivity contribution in [1.82, 2.24) is 0 Å². The summed E-state index contributed by atoms with van der Waals surface area (Å²) in [7, 11) is 0. The average Bonchev–Trinajstić information content (AvgIpc) is 3.18. The molecule has 13 heteroatoms. The van der Waals surface area contributed by atoms with Crippen LogP contribution < -0.4 is 31.6 Å². The largest absolute Gasteiger partial charge is 3.00 e. The molecule has 0 atom stereocenters. The van der Waals surface area contributed by atoms with Gasteiger partial charge in [-0.3, -0.25) is 14.4 Å². The van der Waals surface area contributed by atoms with Gasteiger partial charge in [0.1, 0.15) is 17.1 Å². The van der Waals surface area contributed by atoms with E-state index in [9.17, 15) is 44.4 Å². The van der Waals surface area contributed by atoms with Crippen molar-refractivity contribution in [1.29, 1.82) is 0 Å². The minimum Gasteiger partial charge on any atom is -0.870 e. The first-order valence-electron chi connectivity index (χ1n) is 8.66. The predicted octanol–water partition coefficient (Wildman–Crippen LogP) is 1.55. The second-order valence-corrected chi connectivity index (χ2v) is 5.73. The quantitative estimate of drug-likeness (QED) is 0.372. The third kappa shape index (κ3) is 10.1. The SMILES string of the molecule is O=Nc1ccc([O-])c(=O)cc1.O=Nc1ccc([O-])c(=O)cc1.O=Nc1ccc([O-])c(=O)cc1.[Fe+3]. The number of hydrogen-bond acceptors (Lipinski definition) is 12. The van der Waals surface area contributed by atoms with Crippen LogP contribution in [0.4, 0.5) is 17.1 Å². The van der Waals surface area contributed by atoms with Crippen LogP contribution in [0.2, 0.25) is 0 Å². The van der Waals surface area contributed by atoms with Crippen LogP contribution in [0.3, 0.4) is 0 Å². The van der Waals surface area contributed by atoms with E-state index in [4.69, 9.17) is 0 Å². The van der Waals surface area contributed by atoms with Crippen molar-refractivity contribution in [3.05, 3.63) is 118 Å². The molecule has 3 rings (SSSR count). The van der Waals surface area contributed by atoms with Crippen molar-refractivity contribution in [2.24, 2.45) is 15.5 Å². The van der Waals surface area contributed by atoms with Crippen LogP contribution in [-0.2, 0) is 17.1 Å². The van der Waals surface area contributed by atoms with E-state index in [1.165, 1.54) is 36.4 Å². The Bertz CT molecular complexity index is 1170. The zero-order valence-corrected chi connectivity index (χ0v) is 17.9. The van der Waals surface area contributed by atoms with Crippen molar-refractivity contribution in [2.45, 2.75) is 0 Å². The third-order valence-electron chi connectivity index (χ3n) is 3.48. The first-order valence-corrected chi connectivity index (χ1v) is 8.66. The maximum Gasteiger partial charge on any atom is 3.00 e. The smallest absolute Gasteiger partial charge is 0.870 e. The Morgan fingerprint density at radius 2 is 0.618 bits per heavy atom. The number of nitrogens with zero attached hydrogens (tertiary/aromatic N) is 3. The first kappa shape index (κ1) is 29.4. The maximum atomic E-state index is 10.6. The zero-order valence-electron chi connectivity index (χ0n) is 16.8. The van der Waals surface area contributed by atoms with Crippen LogP contribution in [0.15, 0.2) is 103 Å². The van der Waals surface area contributed by atoms with Gasteiger partial charge in [0.25, 0.3) is 0 Å². The van der Waals surface area contributed by atoms with Crippen LogP contribution in [0.1, 0.15) is 0 Å². The molecule has 0 aromatic heterocycles. The molecule has 0 bridgehead atoms. The standard InChI is InChI=1S/3C7H5NO3.Fe/c3*9-6-3-1-5(8-11)2-4-7(6)10;/h3*1-4H,(H,9,10);/q;;;+3/p-3. The molecule has 1 radical (unpaired) electrons. The first-order chi connectivity index (χ1) is 15.7. The van der Waals surface area contributed by atoms with Crippen molar-refractivity contribution < 1.29 is 32.4 Å². The van der Waals surface area contributed by atoms with E-state index in [1.807, 2.05) is 0 Å². The fourth-order valence-corrected chi connectivity index (χ4v) is 1.81. The second kappa shape index (κ2) is 15.2. The Kier molecular flexibility index (Phi) is 13.2. The average molecular weight is 506 g/mol. The van der Waals surface area contributed by atoms with Crippen molar-refractivity contribution in [3.8, 4) is 17.2 Å². The predicted molar refractivity (Wildman–Crippen MR) is 113 cm³/mol. The molecular formula is C21H12FeN3O9. The summed E-state index contributed by atoms with van der Waals surface area (Å²) in [5.41, 5.74) is -1.70. The molecule has 0 spiro atoms. The molecule has 0 heterocycles. The van der Waals surface area contributed by atoms with Gasteiger partial charge in [0.15, 0.2) is 16.3 Å². The van der Waals surface area contributed by atoms with Gasteiger partial charge >= 0.3 is 17.1 Å². The minimum atomic E-state index is -0.639. The molecule has 0 amide bonds. The van der Waals surface area contributed by atoms with Crippen LogP contribution >= 0.6 is 0 Å². The summed E-state index contributed by atoms with van der Waals surface area (Å²) in [6, 6.07) is 13.4. The Labute approximate surface area is 200 Å². The number of hydrogen-bond donors (Lipinski definition) is 0. The van der Waals surface area contributed by atoms with E-state index in [-0.39, 0.29) is 34.1 Å². The van der Waals surface area contributed by atoms with Crippen LogP contribution in [0.25, 0.3) is 0 Å². The van der Waals surface area contributed by atoms with Crippen molar-refractivity contribution >= 4 is 17.1 Å². The molecule has 0 saturated heterocycles. The third-order valence-corrected chi connectivity index (χ3v) is 3.48. The van der Waals surface area contributed by atoms with E-state index < -0.39 is 33.5 Å². The normalized spacial score (nSPS) is 8.82. The molecule has 0 saturated carbocycles. The minimum absolute atomic E-state index is 0. The molecule has 12 nitrogen and oxygen atoms in total. The zero-order chi connectivity index (χ0) is 24.8. The van der Waals surface area contributed by atoms with Gasteiger partial charge in [0.05, 0.1) is 0 Å². The van der Waals surface area contributed by atoms with E-state index >= 15 is 0 Å². The van der Waals surface area contributed by atoms with Gasteiger partial charge in [-0.15, -0.1) is 14.7 Å². The van der Waals surface area contributed by atoms with Crippen LogP contribution in [0.5, 0.6) is 17.2 Å². The summed E-state index contributed by atoms with van der Waals surface area (Å²) in [4.78, 5) is 61.6. The second-order valence-electron chi connectivity index (χ2n) is 5.73. The van der Waals surface area contributed by atoms with Gasteiger partial charge in [-0.1, -0.05) is 35.4 Å². The summed E-state index contributed by atoms with van der Waals surface area (Å²) in [5, 5.41) is 39.6. The van der Waals surface area contributed by atoms with Gasteiger partial charge in [-0.2, -0.15) is 0 Å². The topological polar surface area (TPSA) is 209 Å². The summed E-state index contributed by atoms with van der Waals surface area (Å²) >= 11 is 0.